The molecule has 0 amide bonds. The minimum Gasteiger partial charge on any atom is -0.281 e. The van der Waals surface area contributed by atoms with Crippen LogP contribution in [-0.4, -0.2) is 55.5 Å². The Hall–Kier alpha value is -1.36. The zero-order chi connectivity index (χ0) is 17.3. The molecule has 0 spiro atoms. The summed E-state index contributed by atoms with van der Waals surface area (Å²) in [5.74, 6) is 1.85. The third-order valence-electron chi connectivity index (χ3n) is 4.97. The van der Waals surface area contributed by atoms with Gasteiger partial charge in [-0.15, -0.1) is 0 Å². The van der Waals surface area contributed by atoms with Crippen molar-refractivity contribution in [3.05, 3.63) is 0 Å². The molecule has 0 saturated heterocycles. The fourth-order valence-electron chi connectivity index (χ4n) is 3.40. The molecule has 2 aliphatic heterocycles. The van der Waals surface area contributed by atoms with Crippen molar-refractivity contribution in [2.45, 2.75) is 77.2 Å². The molecule has 0 N–H and O–H groups in total. The van der Waals surface area contributed by atoms with E-state index >= 15 is 0 Å². The maximum absolute atomic E-state index is 4.51. The van der Waals surface area contributed by atoms with Gasteiger partial charge in [-0.05, 0) is 12.8 Å². The summed E-state index contributed by atoms with van der Waals surface area (Å²) in [5.41, 5.74) is 0. The van der Waals surface area contributed by atoms with E-state index in [1.165, 1.54) is 64.2 Å². The second kappa shape index (κ2) is 9.82. The standard InChI is InChI=1S/C19H34N5/c1-4-5-6-7-8-9-10-11-12-13-14-24(2,3)19-17-18(21-15-20-17)22-16-23-19/h15-17H,4-14H2,1-3H3/q+1. The Kier molecular flexibility index (Phi) is 7.76. The van der Waals surface area contributed by atoms with Crippen LogP contribution in [-0.2, 0) is 0 Å². The van der Waals surface area contributed by atoms with Crippen LogP contribution in [0.15, 0.2) is 20.0 Å². The number of unbranched alkanes of at least 4 members (excludes halogenated alkanes) is 9. The SMILES string of the molecule is CCCCCCCCCCCC[N+](C)(C)C1=NC=NC2=NC=NC21. The van der Waals surface area contributed by atoms with Gasteiger partial charge in [0.15, 0.2) is 5.84 Å². The summed E-state index contributed by atoms with van der Waals surface area (Å²) in [4.78, 5) is 17.4. The molecule has 2 aliphatic rings. The number of likely N-dealkylation sites (N-methyl/N-ethyl adjacent to an activating group) is 1. The maximum atomic E-state index is 4.51. The normalized spacial score (nSPS) is 19.4. The van der Waals surface area contributed by atoms with E-state index in [1.54, 1.807) is 12.7 Å². The van der Waals surface area contributed by atoms with Gasteiger partial charge in [0.1, 0.15) is 12.7 Å². The molecular formula is C19H34N5+. The molecule has 134 valence electrons. The Balaban J connectivity index is 1.60. The summed E-state index contributed by atoms with van der Waals surface area (Å²) < 4.78 is 0.782. The summed E-state index contributed by atoms with van der Waals surface area (Å²) in [6.45, 7) is 3.38. The quantitative estimate of drug-likeness (QED) is 0.401. The van der Waals surface area contributed by atoms with Gasteiger partial charge in [-0.25, -0.2) is 15.0 Å². The third-order valence-corrected chi connectivity index (χ3v) is 4.97. The second-order valence-electron chi connectivity index (χ2n) is 7.48. The lowest BCUT2D eigenvalue weighted by Crippen LogP contribution is -2.53. The molecule has 0 aromatic heterocycles. The molecule has 2 rings (SSSR count). The minimum absolute atomic E-state index is 0.0619. The fourth-order valence-corrected chi connectivity index (χ4v) is 3.40. The van der Waals surface area contributed by atoms with E-state index in [1.807, 2.05) is 0 Å². The number of rotatable bonds is 11. The molecule has 24 heavy (non-hydrogen) atoms. The first-order valence-electron chi connectivity index (χ1n) is 9.68. The molecule has 5 nitrogen and oxygen atoms in total. The third kappa shape index (κ3) is 5.62. The Bertz CT molecular complexity index is 502. The maximum Gasteiger partial charge on any atom is 0.237 e. The highest BCUT2D eigenvalue weighted by molar-refractivity contribution is 6.17. The van der Waals surface area contributed by atoms with Crippen molar-refractivity contribution in [3.8, 4) is 0 Å². The Morgan fingerprint density at radius 2 is 1.46 bits per heavy atom. The average molecular weight is 333 g/mol. The molecule has 2 heterocycles. The highest BCUT2D eigenvalue weighted by Gasteiger charge is 2.37. The summed E-state index contributed by atoms with van der Waals surface area (Å²) in [6, 6.07) is -0.0619. The van der Waals surface area contributed by atoms with Gasteiger partial charge in [0.25, 0.3) is 0 Å². The van der Waals surface area contributed by atoms with Crippen molar-refractivity contribution < 1.29 is 4.48 Å². The lowest BCUT2D eigenvalue weighted by atomic mass is 10.1. The summed E-state index contributed by atoms with van der Waals surface area (Å²) in [6.07, 6.45) is 16.9. The minimum atomic E-state index is -0.0619. The van der Waals surface area contributed by atoms with Gasteiger partial charge in [-0.3, -0.25) is 4.48 Å². The van der Waals surface area contributed by atoms with E-state index in [2.05, 4.69) is 41.0 Å². The summed E-state index contributed by atoms with van der Waals surface area (Å²) >= 11 is 0. The summed E-state index contributed by atoms with van der Waals surface area (Å²) in [7, 11) is 4.44. The number of nitrogens with zero attached hydrogens (tertiary/aromatic N) is 5. The van der Waals surface area contributed by atoms with E-state index in [-0.39, 0.29) is 6.04 Å². The fraction of sp³-hybridized carbons (Fsp3) is 0.789. The number of quaternary nitrogens is 1. The van der Waals surface area contributed by atoms with Crippen molar-refractivity contribution in [1.82, 2.24) is 0 Å². The van der Waals surface area contributed by atoms with E-state index < -0.39 is 0 Å². The molecule has 0 saturated carbocycles. The van der Waals surface area contributed by atoms with Gasteiger partial charge < -0.3 is 0 Å². The molecule has 0 aromatic carbocycles. The average Bonchev–Trinajstić information content (AvgIpc) is 3.05. The molecule has 1 unspecified atom stereocenters. The van der Waals surface area contributed by atoms with Crippen LogP contribution >= 0.6 is 0 Å². The van der Waals surface area contributed by atoms with E-state index in [0.717, 1.165) is 22.7 Å². The van der Waals surface area contributed by atoms with Crippen LogP contribution in [0, 0.1) is 0 Å². The van der Waals surface area contributed by atoms with Gasteiger partial charge in [-0.1, -0.05) is 58.3 Å². The first kappa shape index (κ1) is 19.0. The Morgan fingerprint density at radius 1 is 0.833 bits per heavy atom. The highest BCUT2D eigenvalue weighted by Crippen LogP contribution is 2.17. The largest absolute Gasteiger partial charge is 0.281 e. The zero-order valence-corrected chi connectivity index (χ0v) is 15.7. The number of aliphatic imine (C=N–C) groups is 4. The summed E-state index contributed by atoms with van der Waals surface area (Å²) in [5, 5.41) is 0. The van der Waals surface area contributed by atoms with Crippen molar-refractivity contribution in [1.29, 1.82) is 0 Å². The van der Waals surface area contributed by atoms with Gasteiger partial charge in [0, 0.05) is 0 Å². The van der Waals surface area contributed by atoms with Gasteiger partial charge in [0.2, 0.25) is 11.9 Å². The highest BCUT2D eigenvalue weighted by atomic mass is 15.4. The molecule has 1 atom stereocenters. The van der Waals surface area contributed by atoms with Crippen LogP contribution in [0.3, 0.4) is 0 Å². The molecule has 0 aromatic rings. The van der Waals surface area contributed by atoms with Gasteiger partial charge >= 0.3 is 0 Å². The topological polar surface area (TPSA) is 49.4 Å². The predicted molar refractivity (Wildman–Crippen MR) is 104 cm³/mol. The first-order valence-corrected chi connectivity index (χ1v) is 9.68. The number of hydrogen-bond acceptors (Lipinski definition) is 4. The van der Waals surface area contributed by atoms with Gasteiger partial charge in [-0.2, -0.15) is 4.99 Å². The number of hydrogen-bond donors (Lipinski definition) is 0. The smallest absolute Gasteiger partial charge is 0.237 e. The molecular weight excluding hydrogens is 298 g/mol. The Labute approximate surface area is 147 Å². The molecule has 0 fully saturated rings. The van der Waals surface area contributed by atoms with E-state index in [9.17, 15) is 0 Å². The number of amidine groups is 2. The Morgan fingerprint density at radius 3 is 2.12 bits per heavy atom. The number of fused-ring (bicyclic) bond motifs is 1. The van der Waals surface area contributed by atoms with Crippen molar-refractivity contribution in [3.63, 3.8) is 0 Å². The van der Waals surface area contributed by atoms with E-state index in [4.69, 9.17) is 0 Å². The van der Waals surface area contributed by atoms with Crippen molar-refractivity contribution in [2.24, 2.45) is 20.0 Å². The van der Waals surface area contributed by atoms with Crippen molar-refractivity contribution >= 4 is 24.3 Å². The van der Waals surface area contributed by atoms with Crippen LogP contribution in [0.1, 0.15) is 71.1 Å². The lowest BCUT2D eigenvalue weighted by molar-refractivity contribution is -0.801. The molecule has 5 heteroatoms. The van der Waals surface area contributed by atoms with Crippen LogP contribution < -0.4 is 0 Å². The molecule has 0 bridgehead atoms. The van der Waals surface area contributed by atoms with Crippen LogP contribution in [0.2, 0.25) is 0 Å². The monoisotopic (exact) mass is 332 g/mol. The second-order valence-corrected chi connectivity index (χ2v) is 7.48. The van der Waals surface area contributed by atoms with E-state index in [0.29, 0.717) is 0 Å². The van der Waals surface area contributed by atoms with Crippen molar-refractivity contribution in [2.75, 3.05) is 20.6 Å². The van der Waals surface area contributed by atoms with Gasteiger partial charge in [0.05, 0.1) is 20.6 Å². The molecule has 0 aliphatic carbocycles. The van der Waals surface area contributed by atoms with Crippen LogP contribution in [0.4, 0.5) is 0 Å². The molecule has 0 radical (unpaired) electrons. The predicted octanol–water partition coefficient (Wildman–Crippen LogP) is 4.23. The lowest BCUT2D eigenvalue weighted by Gasteiger charge is -2.32. The van der Waals surface area contributed by atoms with Crippen LogP contribution in [0.25, 0.3) is 0 Å². The zero-order valence-electron chi connectivity index (χ0n) is 15.7. The van der Waals surface area contributed by atoms with Crippen LogP contribution in [0.5, 0.6) is 0 Å². The first-order chi connectivity index (χ1) is 11.6.